The molecule has 0 atom stereocenters. The van der Waals surface area contributed by atoms with Crippen molar-refractivity contribution in [2.75, 3.05) is 13.1 Å². The number of amides is 2. The summed E-state index contributed by atoms with van der Waals surface area (Å²) in [7, 11) is 0. The third-order valence-electron chi connectivity index (χ3n) is 3.91. The molecule has 5 nitrogen and oxygen atoms in total. The molecule has 23 heavy (non-hydrogen) atoms. The summed E-state index contributed by atoms with van der Waals surface area (Å²) in [5.74, 6) is -1.11. The minimum Gasteiger partial charge on any atom is -0.369 e. The maximum Gasteiger partial charge on any atom is 0.255 e. The van der Waals surface area contributed by atoms with E-state index in [0.717, 1.165) is 11.1 Å². The average molecular weight is 313 g/mol. The van der Waals surface area contributed by atoms with Gasteiger partial charge < -0.3 is 10.6 Å². The second kappa shape index (κ2) is 6.16. The van der Waals surface area contributed by atoms with Gasteiger partial charge in [0.15, 0.2) is 0 Å². The number of rotatable bonds is 4. The number of carbonyl (C=O) groups is 2. The lowest BCUT2D eigenvalue weighted by atomic mass is 9.98. The summed E-state index contributed by atoms with van der Waals surface area (Å²) in [4.78, 5) is 29.0. The maximum absolute atomic E-state index is 13.2. The van der Waals surface area contributed by atoms with Crippen molar-refractivity contribution < 1.29 is 14.0 Å². The Kier molecular flexibility index (Phi) is 4.06. The van der Waals surface area contributed by atoms with Gasteiger partial charge in [-0.3, -0.25) is 14.6 Å². The van der Waals surface area contributed by atoms with E-state index in [1.54, 1.807) is 23.2 Å². The quantitative estimate of drug-likeness (QED) is 0.926. The van der Waals surface area contributed by atoms with Crippen LogP contribution in [0.4, 0.5) is 4.39 Å². The van der Waals surface area contributed by atoms with Gasteiger partial charge in [0.05, 0.1) is 11.5 Å². The molecule has 2 aromatic rings. The van der Waals surface area contributed by atoms with Crippen LogP contribution in [0.3, 0.4) is 0 Å². The van der Waals surface area contributed by atoms with Gasteiger partial charge in [-0.25, -0.2) is 4.39 Å². The van der Waals surface area contributed by atoms with Crippen molar-refractivity contribution >= 4 is 11.8 Å². The fraction of sp³-hybridized carbons (Fsp3) is 0.235. The lowest BCUT2D eigenvalue weighted by Gasteiger charge is -2.37. The number of carbonyl (C=O) groups excluding carboxylic acids is 2. The van der Waals surface area contributed by atoms with Crippen molar-refractivity contribution in [1.29, 1.82) is 0 Å². The highest BCUT2D eigenvalue weighted by atomic mass is 19.1. The van der Waals surface area contributed by atoms with E-state index in [0.29, 0.717) is 25.1 Å². The number of nitrogens with two attached hydrogens (primary N) is 1. The number of halogens is 1. The largest absolute Gasteiger partial charge is 0.369 e. The molecule has 0 saturated carbocycles. The fourth-order valence-electron chi connectivity index (χ4n) is 2.59. The standard InChI is InChI=1S/C17H16FN3O2/c18-15-3-1-2-11(6-15)4-12-5-13(8-20-7-12)17(23)21-9-14(10-21)16(19)22/h1-3,5-8,14H,4,9-10H2,(H2,19,22). The number of hydrogen-bond acceptors (Lipinski definition) is 3. The first-order chi connectivity index (χ1) is 11.0. The van der Waals surface area contributed by atoms with Crippen LogP contribution in [-0.2, 0) is 11.2 Å². The van der Waals surface area contributed by atoms with E-state index < -0.39 is 0 Å². The normalized spacial score (nSPS) is 14.4. The van der Waals surface area contributed by atoms with E-state index in [9.17, 15) is 14.0 Å². The molecule has 6 heteroatoms. The third-order valence-corrected chi connectivity index (χ3v) is 3.91. The van der Waals surface area contributed by atoms with E-state index in [1.165, 1.54) is 18.3 Å². The Hall–Kier alpha value is -2.76. The molecule has 1 aromatic heterocycles. The number of benzene rings is 1. The fourth-order valence-corrected chi connectivity index (χ4v) is 2.59. The summed E-state index contributed by atoms with van der Waals surface area (Å²) in [5, 5.41) is 0. The number of primary amides is 1. The minimum atomic E-state index is -0.382. The van der Waals surface area contributed by atoms with E-state index >= 15 is 0 Å². The zero-order valence-corrected chi connectivity index (χ0v) is 12.4. The predicted molar refractivity (Wildman–Crippen MR) is 82.0 cm³/mol. The molecule has 1 aromatic carbocycles. The average Bonchev–Trinajstić information content (AvgIpc) is 2.45. The molecule has 1 aliphatic rings. The van der Waals surface area contributed by atoms with Gasteiger partial charge in [0.2, 0.25) is 5.91 Å². The predicted octanol–water partition coefficient (Wildman–Crippen LogP) is 1.37. The number of aromatic nitrogens is 1. The summed E-state index contributed by atoms with van der Waals surface area (Å²) in [5.41, 5.74) is 7.30. The Morgan fingerprint density at radius 2 is 2.00 bits per heavy atom. The van der Waals surface area contributed by atoms with Gasteiger partial charge in [0, 0.05) is 25.5 Å². The van der Waals surface area contributed by atoms with E-state index in [-0.39, 0.29) is 23.5 Å². The zero-order chi connectivity index (χ0) is 16.4. The molecule has 1 aliphatic heterocycles. The summed E-state index contributed by atoms with van der Waals surface area (Å²) in [6.45, 7) is 0.699. The van der Waals surface area contributed by atoms with Crippen LogP contribution in [0.25, 0.3) is 0 Å². The monoisotopic (exact) mass is 313 g/mol. The highest BCUT2D eigenvalue weighted by Crippen LogP contribution is 2.19. The number of nitrogens with zero attached hydrogens (tertiary/aromatic N) is 2. The highest BCUT2D eigenvalue weighted by Gasteiger charge is 2.34. The van der Waals surface area contributed by atoms with Gasteiger partial charge in [0.1, 0.15) is 5.82 Å². The molecule has 0 aliphatic carbocycles. The first-order valence-corrected chi connectivity index (χ1v) is 7.30. The van der Waals surface area contributed by atoms with Crippen LogP contribution in [0, 0.1) is 11.7 Å². The first-order valence-electron chi connectivity index (χ1n) is 7.30. The van der Waals surface area contributed by atoms with Crippen molar-refractivity contribution in [3.8, 4) is 0 Å². The molecule has 0 bridgehead atoms. The lowest BCUT2D eigenvalue weighted by molar-refractivity contribution is -0.125. The van der Waals surface area contributed by atoms with Crippen LogP contribution in [0.1, 0.15) is 21.5 Å². The van der Waals surface area contributed by atoms with Crippen molar-refractivity contribution in [3.63, 3.8) is 0 Å². The molecule has 0 radical (unpaired) electrons. The molecular formula is C17H16FN3O2. The van der Waals surface area contributed by atoms with E-state index in [4.69, 9.17) is 5.73 Å². The third kappa shape index (κ3) is 3.36. The van der Waals surface area contributed by atoms with Crippen molar-refractivity contribution in [3.05, 3.63) is 65.2 Å². The topological polar surface area (TPSA) is 76.3 Å². The van der Waals surface area contributed by atoms with Crippen LogP contribution >= 0.6 is 0 Å². The second-order valence-corrected chi connectivity index (χ2v) is 5.70. The van der Waals surface area contributed by atoms with Crippen LogP contribution in [0.5, 0.6) is 0 Å². The smallest absolute Gasteiger partial charge is 0.255 e. The van der Waals surface area contributed by atoms with Crippen molar-refractivity contribution in [2.45, 2.75) is 6.42 Å². The maximum atomic E-state index is 13.2. The number of pyridine rings is 1. The summed E-state index contributed by atoms with van der Waals surface area (Å²) in [6, 6.07) is 8.07. The molecule has 3 rings (SSSR count). The molecular weight excluding hydrogens is 297 g/mol. The number of likely N-dealkylation sites (tertiary alicyclic amines) is 1. The number of hydrogen-bond donors (Lipinski definition) is 1. The van der Waals surface area contributed by atoms with Gasteiger partial charge in [-0.15, -0.1) is 0 Å². The van der Waals surface area contributed by atoms with Gasteiger partial charge in [0.25, 0.3) is 5.91 Å². The van der Waals surface area contributed by atoms with Crippen LogP contribution in [-0.4, -0.2) is 34.8 Å². The Labute approximate surface area is 132 Å². The van der Waals surface area contributed by atoms with Crippen molar-refractivity contribution in [1.82, 2.24) is 9.88 Å². The van der Waals surface area contributed by atoms with Gasteiger partial charge >= 0.3 is 0 Å². The SMILES string of the molecule is NC(=O)C1CN(C(=O)c2cncc(Cc3cccc(F)c3)c2)C1. The first kappa shape index (κ1) is 15.1. The van der Waals surface area contributed by atoms with Gasteiger partial charge in [-0.1, -0.05) is 12.1 Å². The van der Waals surface area contributed by atoms with Gasteiger partial charge in [-0.05, 0) is 35.7 Å². The lowest BCUT2D eigenvalue weighted by Crippen LogP contribution is -2.54. The summed E-state index contributed by atoms with van der Waals surface area (Å²) in [6.07, 6.45) is 3.65. The molecule has 118 valence electrons. The molecule has 1 fully saturated rings. The van der Waals surface area contributed by atoms with Crippen LogP contribution < -0.4 is 5.73 Å². The summed E-state index contributed by atoms with van der Waals surface area (Å²) >= 11 is 0. The van der Waals surface area contributed by atoms with Crippen molar-refractivity contribution in [2.24, 2.45) is 11.7 Å². The van der Waals surface area contributed by atoms with E-state index in [2.05, 4.69) is 4.98 Å². The molecule has 0 unspecified atom stereocenters. The van der Waals surface area contributed by atoms with Crippen LogP contribution in [0.2, 0.25) is 0 Å². The Balaban J connectivity index is 1.70. The highest BCUT2D eigenvalue weighted by molar-refractivity contribution is 5.95. The Morgan fingerprint density at radius 3 is 2.70 bits per heavy atom. The molecule has 2 heterocycles. The molecule has 1 saturated heterocycles. The Bertz CT molecular complexity index is 757. The molecule has 2 N–H and O–H groups in total. The van der Waals surface area contributed by atoms with Gasteiger partial charge in [-0.2, -0.15) is 0 Å². The minimum absolute atomic E-state index is 0.170. The molecule has 0 spiro atoms. The second-order valence-electron chi connectivity index (χ2n) is 5.70. The Morgan fingerprint density at radius 1 is 1.22 bits per heavy atom. The zero-order valence-electron chi connectivity index (χ0n) is 12.4. The van der Waals surface area contributed by atoms with E-state index in [1.807, 2.05) is 6.07 Å². The molecule has 2 amide bonds. The summed E-state index contributed by atoms with van der Waals surface area (Å²) < 4.78 is 13.2. The van der Waals surface area contributed by atoms with Crippen LogP contribution in [0.15, 0.2) is 42.7 Å².